The number of allylic oxidation sites excluding steroid dienone is 1. The molecule has 1 aliphatic rings. The first-order valence-electron chi connectivity index (χ1n) is 8.99. The van der Waals surface area contributed by atoms with Gasteiger partial charge in [-0.3, -0.25) is 14.5 Å². The average molecular weight is 451 g/mol. The third-order valence-corrected chi connectivity index (χ3v) is 5.83. The second-order valence-electron chi connectivity index (χ2n) is 6.36. The van der Waals surface area contributed by atoms with Gasteiger partial charge in [0.1, 0.15) is 17.2 Å². The van der Waals surface area contributed by atoms with Gasteiger partial charge in [0.2, 0.25) is 5.91 Å². The molecule has 0 saturated carbocycles. The third-order valence-electron chi connectivity index (χ3n) is 4.23. The number of hydrogen-bond donors (Lipinski definition) is 1. The number of rotatable bonds is 6. The highest BCUT2D eigenvalue weighted by atomic mass is 35.5. The fourth-order valence-corrected chi connectivity index (χ4v) is 3.99. The monoisotopic (exact) mass is 450 g/mol. The number of carbonyl (C=O) groups is 2. The summed E-state index contributed by atoms with van der Waals surface area (Å²) >= 11 is 13.4. The molecule has 0 fully saturated rings. The van der Waals surface area contributed by atoms with Crippen molar-refractivity contribution in [2.75, 3.05) is 23.8 Å². The van der Waals surface area contributed by atoms with Crippen molar-refractivity contribution in [2.45, 2.75) is 13.5 Å². The van der Waals surface area contributed by atoms with Crippen molar-refractivity contribution >= 4 is 52.5 Å². The van der Waals surface area contributed by atoms with E-state index in [1.807, 2.05) is 12.1 Å². The molecule has 5 nitrogen and oxygen atoms in total. The van der Waals surface area contributed by atoms with Gasteiger partial charge < -0.3 is 10.1 Å². The summed E-state index contributed by atoms with van der Waals surface area (Å²) in [7, 11) is 0. The molecule has 3 rings (SSSR count). The second-order valence-corrected chi connectivity index (χ2v) is 8.33. The van der Waals surface area contributed by atoms with Gasteiger partial charge in [0.15, 0.2) is 0 Å². The van der Waals surface area contributed by atoms with Crippen LogP contribution in [0.25, 0.3) is 0 Å². The summed E-state index contributed by atoms with van der Waals surface area (Å²) in [6, 6.07) is 14.1. The van der Waals surface area contributed by atoms with Crippen LogP contribution in [0.4, 0.5) is 5.69 Å². The molecule has 8 heteroatoms. The van der Waals surface area contributed by atoms with Crippen molar-refractivity contribution in [3.8, 4) is 0 Å². The molecule has 0 aliphatic carbocycles. The van der Waals surface area contributed by atoms with E-state index in [4.69, 9.17) is 27.9 Å². The van der Waals surface area contributed by atoms with E-state index < -0.39 is 0 Å². The van der Waals surface area contributed by atoms with Crippen molar-refractivity contribution in [1.29, 1.82) is 0 Å². The van der Waals surface area contributed by atoms with Crippen molar-refractivity contribution in [3.05, 3.63) is 74.8 Å². The quantitative estimate of drug-likeness (QED) is 0.696. The SMILES string of the molecule is CC1=C(C(=O)N(CC(=O)NCc2cccc(Cl)c2)c2ccc(Cl)cc2)SCCO1. The lowest BCUT2D eigenvalue weighted by molar-refractivity contribution is -0.122. The minimum absolute atomic E-state index is 0.127. The number of nitrogens with zero attached hydrogens (tertiary/aromatic N) is 1. The van der Waals surface area contributed by atoms with Gasteiger partial charge in [-0.1, -0.05) is 35.3 Å². The molecule has 2 aromatic carbocycles. The van der Waals surface area contributed by atoms with E-state index in [-0.39, 0.29) is 18.4 Å². The smallest absolute Gasteiger partial charge is 0.268 e. The van der Waals surface area contributed by atoms with E-state index in [1.165, 1.54) is 16.7 Å². The molecule has 2 amide bonds. The largest absolute Gasteiger partial charge is 0.496 e. The summed E-state index contributed by atoms with van der Waals surface area (Å²) in [5.41, 5.74) is 1.47. The first-order chi connectivity index (χ1) is 13.9. The van der Waals surface area contributed by atoms with E-state index in [1.54, 1.807) is 43.3 Å². The number of carbonyl (C=O) groups excluding carboxylic acids is 2. The lowest BCUT2D eigenvalue weighted by Gasteiger charge is -2.26. The lowest BCUT2D eigenvalue weighted by Crippen LogP contribution is -2.41. The Hall–Kier alpha value is -2.15. The number of nitrogens with one attached hydrogen (secondary N) is 1. The van der Waals surface area contributed by atoms with Crippen molar-refractivity contribution in [1.82, 2.24) is 5.32 Å². The van der Waals surface area contributed by atoms with Gasteiger partial charge in [-0.15, -0.1) is 11.8 Å². The maximum atomic E-state index is 13.2. The van der Waals surface area contributed by atoms with Crippen LogP contribution >= 0.6 is 35.0 Å². The first kappa shape index (κ1) is 21.6. The molecule has 0 spiro atoms. The van der Waals surface area contributed by atoms with Crippen LogP contribution in [0.15, 0.2) is 59.2 Å². The maximum Gasteiger partial charge on any atom is 0.268 e. The highest BCUT2D eigenvalue weighted by Crippen LogP contribution is 2.29. The maximum absolute atomic E-state index is 13.2. The summed E-state index contributed by atoms with van der Waals surface area (Å²) in [5, 5.41) is 3.99. The standard InChI is InChI=1S/C21H20Cl2N2O3S/c1-14-20(29-10-9-28-14)21(27)25(18-7-5-16(22)6-8-18)13-19(26)24-12-15-3-2-4-17(23)11-15/h2-8,11H,9-10,12-13H2,1H3,(H,24,26). The van der Waals surface area contributed by atoms with E-state index in [2.05, 4.69) is 5.32 Å². The molecule has 0 unspecified atom stereocenters. The molecule has 1 heterocycles. The zero-order valence-corrected chi connectivity index (χ0v) is 18.1. The molecule has 2 aromatic rings. The topological polar surface area (TPSA) is 58.6 Å². The molecule has 152 valence electrons. The Bertz CT molecular complexity index is 932. The number of amides is 2. The lowest BCUT2D eigenvalue weighted by atomic mass is 10.2. The number of ether oxygens (including phenoxy) is 1. The summed E-state index contributed by atoms with van der Waals surface area (Å²) < 4.78 is 5.52. The second kappa shape index (κ2) is 10.1. The molecule has 0 bridgehead atoms. The van der Waals surface area contributed by atoms with Crippen LogP contribution in [-0.4, -0.2) is 30.7 Å². The molecule has 29 heavy (non-hydrogen) atoms. The normalized spacial score (nSPS) is 13.6. The van der Waals surface area contributed by atoms with Gasteiger partial charge in [0.05, 0.1) is 6.61 Å². The Morgan fingerprint density at radius 3 is 2.59 bits per heavy atom. The Morgan fingerprint density at radius 1 is 1.14 bits per heavy atom. The van der Waals surface area contributed by atoms with Crippen LogP contribution in [0.2, 0.25) is 10.0 Å². The molecule has 1 N–H and O–H groups in total. The summed E-state index contributed by atoms with van der Waals surface area (Å²) in [6.07, 6.45) is 0. The van der Waals surface area contributed by atoms with Crippen molar-refractivity contribution in [2.24, 2.45) is 0 Å². The summed E-state index contributed by atoms with van der Waals surface area (Å²) in [4.78, 5) is 27.7. The zero-order valence-electron chi connectivity index (χ0n) is 15.8. The highest BCUT2D eigenvalue weighted by molar-refractivity contribution is 8.04. The number of hydrogen-bond acceptors (Lipinski definition) is 4. The fraction of sp³-hybridized carbons (Fsp3) is 0.238. The van der Waals surface area contributed by atoms with Gasteiger partial charge in [-0.25, -0.2) is 0 Å². The van der Waals surface area contributed by atoms with Crippen LogP contribution in [0, 0.1) is 0 Å². The van der Waals surface area contributed by atoms with Gasteiger partial charge in [-0.05, 0) is 48.9 Å². The Balaban J connectivity index is 1.76. The third kappa shape index (κ3) is 5.92. The minimum atomic E-state index is -0.284. The van der Waals surface area contributed by atoms with Crippen LogP contribution in [0.1, 0.15) is 12.5 Å². The summed E-state index contributed by atoms with van der Waals surface area (Å²) in [6.45, 7) is 2.52. The van der Waals surface area contributed by atoms with Gasteiger partial charge in [-0.2, -0.15) is 0 Å². The molecule has 1 aliphatic heterocycles. The van der Waals surface area contributed by atoms with E-state index in [9.17, 15) is 9.59 Å². The van der Waals surface area contributed by atoms with E-state index >= 15 is 0 Å². The first-order valence-corrected chi connectivity index (χ1v) is 10.7. The van der Waals surface area contributed by atoms with Crippen molar-refractivity contribution < 1.29 is 14.3 Å². The molecular formula is C21H20Cl2N2O3S. The Labute approximate surface area is 184 Å². The number of thioether (sulfide) groups is 1. The highest BCUT2D eigenvalue weighted by Gasteiger charge is 2.27. The van der Waals surface area contributed by atoms with Crippen LogP contribution < -0.4 is 10.2 Å². The molecule has 0 atom stereocenters. The predicted octanol–water partition coefficient (Wildman–Crippen LogP) is 4.64. The van der Waals surface area contributed by atoms with Crippen LogP contribution in [0.3, 0.4) is 0 Å². The minimum Gasteiger partial charge on any atom is -0.496 e. The molecule has 0 saturated heterocycles. The summed E-state index contributed by atoms with van der Waals surface area (Å²) in [5.74, 6) is 0.707. The van der Waals surface area contributed by atoms with E-state index in [0.29, 0.717) is 45.3 Å². The predicted molar refractivity (Wildman–Crippen MR) is 118 cm³/mol. The zero-order chi connectivity index (χ0) is 20.8. The Kier molecular flexibility index (Phi) is 7.47. The molecular weight excluding hydrogens is 431 g/mol. The number of anilines is 1. The number of halogens is 2. The van der Waals surface area contributed by atoms with Crippen LogP contribution in [-0.2, 0) is 20.9 Å². The van der Waals surface area contributed by atoms with Gasteiger partial charge in [0.25, 0.3) is 5.91 Å². The van der Waals surface area contributed by atoms with Gasteiger partial charge >= 0.3 is 0 Å². The molecule has 0 radical (unpaired) electrons. The Morgan fingerprint density at radius 2 is 1.90 bits per heavy atom. The molecule has 0 aromatic heterocycles. The fourth-order valence-electron chi connectivity index (χ4n) is 2.79. The van der Waals surface area contributed by atoms with E-state index in [0.717, 1.165) is 5.56 Å². The number of benzene rings is 2. The van der Waals surface area contributed by atoms with Gasteiger partial charge in [0, 0.05) is 28.0 Å². The van der Waals surface area contributed by atoms with Crippen molar-refractivity contribution in [3.63, 3.8) is 0 Å². The van der Waals surface area contributed by atoms with Crippen LogP contribution in [0.5, 0.6) is 0 Å². The average Bonchev–Trinajstić information content (AvgIpc) is 2.71.